The Hall–Kier alpha value is -2.55. The van der Waals surface area contributed by atoms with Crippen LogP contribution in [0.1, 0.15) is 34.7 Å². The van der Waals surface area contributed by atoms with E-state index in [2.05, 4.69) is 58.3 Å². The summed E-state index contributed by atoms with van der Waals surface area (Å²) in [6.07, 6.45) is 0. The van der Waals surface area contributed by atoms with Crippen molar-refractivity contribution in [1.82, 2.24) is 14.1 Å². The molecule has 1 heterocycles. The molecule has 6 nitrogen and oxygen atoms in total. The van der Waals surface area contributed by atoms with Gasteiger partial charge in [0.25, 0.3) is 0 Å². The molecule has 0 saturated carbocycles. The van der Waals surface area contributed by atoms with Crippen LogP contribution in [0.25, 0.3) is 0 Å². The smallest absolute Gasteiger partial charge is 0.243 e. The Kier molecular flexibility index (Phi) is 9.96. The summed E-state index contributed by atoms with van der Waals surface area (Å²) < 4.78 is 29.6. The first-order valence-corrected chi connectivity index (χ1v) is 15.5. The quantitative estimate of drug-likeness (QED) is 0.424. The minimum atomic E-state index is -3.67. The van der Waals surface area contributed by atoms with E-state index in [1.165, 1.54) is 11.1 Å². The van der Waals surface area contributed by atoms with Gasteiger partial charge in [0, 0.05) is 64.3 Å². The van der Waals surface area contributed by atoms with Crippen LogP contribution in [0.15, 0.2) is 77.7 Å². The third-order valence-electron chi connectivity index (χ3n) is 7.79. The van der Waals surface area contributed by atoms with Crippen LogP contribution in [0.2, 0.25) is 0 Å². The maximum absolute atomic E-state index is 14.0. The standard InChI is InChI=1S/C32H44N4O2S/c1-5-36(39(37,38)32-26(3)18-25(2)19-27(32)4)23-30-22-34(20-28-12-8-6-9-13-28)16-17-35(24-31(30)33)21-29-14-10-7-11-15-29/h6-15,18-19,30-31H,5,16-17,20-24,33H2,1-4H3/t30-,31+/m1/s1. The summed E-state index contributed by atoms with van der Waals surface area (Å²) in [4.78, 5) is 5.30. The molecule has 0 bridgehead atoms. The highest BCUT2D eigenvalue weighted by Crippen LogP contribution is 2.27. The number of aryl methyl sites for hydroxylation is 3. The Balaban J connectivity index is 1.60. The lowest BCUT2D eigenvalue weighted by Gasteiger charge is -2.40. The van der Waals surface area contributed by atoms with Gasteiger partial charge in [-0.05, 0) is 43.0 Å². The van der Waals surface area contributed by atoms with Crippen LogP contribution in [0.4, 0.5) is 0 Å². The molecule has 0 aliphatic carbocycles. The average molecular weight is 549 g/mol. The highest BCUT2D eigenvalue weighted by atomic mass is 32.2. The van der Waals surface area contributed by atoms with Crippen LogP contribution in [0, 0.1) is 26.7 Å². The van der Waals surface area contributed by atoms with Crippen LogP contribution in [0.5, 0.6) is 0 Å². The fourth-order valence-corrected chi connectivity index (χ4v) is 7.82. The topological polar surface area (TPSA) is 69.9 Å². The normalized spacial score (nSPS) is 19.6. The lowest BCUT2D eigenvalue weighted by Crippen LogP contribution is -2.54. The van der Waals surface area contributed by atoms with Gasteiger partial charge in [0.2, 0.25) is 10.0 Å². The Bertz CT molecular complexity index is 1290. The van der Waals surface area contributed by atoms with Crippen molar-refractivity contribution in [3.8, 4) is 0 Å². The summed E-state index contributed by atoms with van der Waals surface area (Å²) in [6, 6.07) is 24.7. The summed E-state index contributed by atoms with van der Waals surface area (Å²) >= 11 is 0. The Morgan fingerprint density at radius 1 is 0.821 bits per heavy atom. The number of rotatable bonds is 9. The largest absolute Gasteiger partial charge is 0.326 e. The maximum atomic E-state index is 14.0. The molecule has 39 heavy (non-hydrogen) atoms. The second-order valence-electron chi connectivity index (χ2n) is 11.0. The Labute approximate surface area is 235 Å². The first-order valence-electron chi connectivity index (χ1n) is 14.0. The van der Waals surface area contributed by atoms with E-state index in [4.69, 9.17) is 5.73 Å². The molecule has 1 aliphatic heterocycles. The number of sulfonamides is 1. The van der Waals surface area contributed by atoms with Crippen LogP contribution in [-0.2, 0) is 23.1 Å². The van der Waals surface area contributed by atoms with Gasteiger partial charge in [-0.25, -0.2) is 8.42 Å². The third-order valence-corrected chi connectivity index (χ3v) is 10.0. The zero-order chi connectivity index (χ0) is 28.0. The van der Waals surface area contributed by atoms with Crippen molar-refractivity contribution < 1.29 is 8.42 Å². The zero-order valence-electron chi connectivity index (χ0n) is 23.9. The molecule has 0 aromatic heterocycles. The predicted molar refractivity (Wildman–Crippen MR) is 160 cm³/mol. The van der Waals surface area contributed by atoms with Gasteiger partial charge in [0.1, 0.15) is 0 Å². The number of hydrogen-bond donors (Lipinski definition) is 1. The highest BCUT2D eigenvalue weighted by Gasteiger charge is 2.33. The lowest BCUT2D eigenvalue weighted by atomic mass is 9.97. The van der Waals surface area contributed by atoms with Gasteiger partial charge < -0.3 is 5.73 Å². The van der Waals surface area contributed by atoms with Crippen LogP contribution >= 0.6 is 0 Å². The van der Waals surface area contributed by atoms with Gasteiger partial charge in [0.15, 0.2) is 0 Å². The van der Waals surface area contributed by atoms with E-state index in [1.54, 1.807) is 4.31 Å². The van der Waals surface area contributed by atoms with Gasteiger partial charge >= 0.3 is 0 Å². The van der Waals surface area contributed by atoms with Gasteiger partial charge in [-0.2, -0.15) is 4.31 Å². The highest BCUT2D eigenvalue weighted by molar-refractivity contribution is 7.89. The summed E-state index contributed by atoms with van der Waals surface area (Å²) in [5, 5.41) is 0. The second kappa shape index (κ2) is 13.2. The van der Waals surface area contributed by atoms with Gasteiger partial charge in [-0.3, -0.25) is 9.80 Å². The molecule has 0 amide bonds. The van der Waals surface area contributed by atoms with Gasteiger partial charge in [0.05, 0.1) is 4.90 Å². The van der Waals surface area contributed by atoms with E-state index in [9.17, 15) is 8.42 Å². The van der Waals surface area contributed by atoms with E-state index in [1.807, 2.05) is 52.0 Å². The van der Waals surface area contributed by atoms with Crippen LogP contribution < -0.4 is 5.73 Å². The van der Waals surface area contributed by atoms with E-state index >= 15 is 0 Å². The second-order valence-corrected chi connectivity index (χ2v) is 12.9. The summed E-state index contributed by atoms with van der Waals surface area (Å²) in [6.45, 7) is 13.5. The fraction of sp³-hybridized carbons (Fsp3) is 0.438. The molecule has 210 valence electrons. The number of hydrogen-bond acceptors (Lipinski definition) is 5. The van der Waals surface area contributed by atoms with Crippen LogP contribution in [0.3, 0.4) is 0 Å². The van der Waals surface area contributed by atoms with Crippen molar-refractivity contribution in [3.05, 3.63) is 101 Å². The average Bonchev–Trinajstić information content (AvgIpc) is 2.88. The zero-order valence-corrected chi connectivity index (χ0v) is 24.7. The summed E-state index contributed by atoms with van der Waals surface area (Å²) in [7, 11) is -3.67. The van der Waals surface area contributed by atoms with Crippen molar-refractivity contribution >= 4 is 10.0 Å². The molecule has 0 spiro atoms. The van der Waals surface area contributed by atoms with E-state index in [0.29, 0.717) is 18.0 Å². The minimum Gasteiger partial charge on any atom is -0.326 e. The van der Waals surface area contributed by atoms with Crippen LogP contribution in [-0.4, -0.2) is 67.8 Å². The number of nitrogens with zero attached hydrogens (tertiary/aromatic N) is 3. The molecule has 1 saturated heterocycles. The first kappa shape index (κ1) is 29.4. The molecular weight excluding hydrogens is 504 g/mol. The van der Waals surface area contributed by atoms with E-state index in [0.717, 1.165) is 56.0 Å². The molecule has 1 aliphatic rings. The summed E-state index contributed by atoms with van der Waals surface area (Å²) in [5.74, 6) is -0.00642. The molecule has 7 heteroatoms. The molecule has 3 aromatic carbocycles. The van der Waals surface area contributed by atoms with Gasteiger partial charge in [-0.1, -0.05) is 85.3 Å². The number of nitrogens with two attached hydrogens (primary N) is 1. The number of benzene rings is 3. The van der Waals surface area contributed by atoms with Gasteiger partial charge in [-0.15, -0.1) is 0 Å². The van der Waals surface area contributed by atoms with Crippen molar-refractivity contribution in [2.24, 2.45) is 11.7 Å². The van der Waals surface area contributed by atoms with Crippen molar-refractivity contribution in [2.75, 3.05) is 39.3 Å². The predicted octanol–water partition coefficient (Wildman–Crippen LogP) is 4.58. The van der Waals surface area contributed by atoms with Crippen molar-refractivity contribution in [1.29, 1.82) is 0 Å². The third kappa shape index (κ3) is 7.56. The Morgan fingerprint density at radius 3 is 1.79 bits per heavy atom. The molecule has 3 aromatic rings. The minimum absolute atomic E-state index is 0.00642. The molecule has 1 fully saturated rings. The molecular formula is C32H44N4O2S. The molecule has 0 radical (unpaired) electrons. The first-order chi connectivity index (χ1) is 18.7. The fourth-order valence-electron chi connectivity index (χ4n) is 5.90. The molecule has 2 atom stereocenters. The van der Waals surface area contributed by atoms with Crippen molar-refractivity contribution in [2.45, 2.75) is 51.7 Å². The summed E-state index contributed by atoms with van der Waals surface area (Å²) in [5.41, 5.74) is 12.1. The lowest BCUT2D eigenvalue weighted by molar-refractivity contribution is 0.109. The van der Waals surface area contributed by atoms with E-state index in [-0.39, 0.29) is 12.0 Å². The molecule has 2 N–H and O–H groups in total. The van der Waals surface area contributed by atoms with E-state index < -0.39 is 10.0 Å². The maximum Gasteiger partial charge on any atom is 0.243 e. The Morgan fingerprint density at radius 2 is 1.31 bits per heavy atom. The molecule has 4 rings (SSSR count). The van der Waals surface area contributed by atoms with Crippen molar-refractivity contribution in [3.63, 3.8) is 0 Å². The SMILES string of the molecule is CCN(C[C@H]1CN(Cc2ccccc2)CCN(Cc2ccccc2)C[C@@H]1N)S(=O)(=O)c1c(C)cc(C)cc1C. The monoisotopic (exact) mass is 548 g/mol. The molecule has 0 unspecified atom stereocenters.